The minimum Gasteiger partial charge on any atom is -0.478 e. The van der Waals surface area contributed by atoms with E-state index in [-0.39, 0.29) is 5.91 Å². The molecule has 1 saturated heterocycles. The van der Waals surface area contributed by atoms with E-state index >= 15 is 0 Å². The highest BCUT2D eigenvalue weighted by molar-refractivity contribution is 6.30. The Labute approximate surface area is 117 Å². The molecule has 1 fully saturated rings. The second kappa shape index (κ2) is 5.39. The van der Waals surface area contributed by atoms with Gasteiger partial charge in [-0.05, 0) is 44.5 Å². The summed E-state index contributed by atoms with van der Waals surface area (Å²) in [7, 11) is 0. The summed E-state index contributed by atoms with van der Waals surface area (Å²) >= 11 is 5.81. The Morgan fingerprint density at radius 3 is 2.58 bits per heavy atom. The number of halogens is 1. The van der Waals surface area contributed by atoms with Gasteiger partial charge in [-0.2, -0.15) is 0 Å². The monoisotopic (exact) mass is 283 g/mol. The van der Waals surface area contributed by atoms with Crippen molar-refractivity contribution in [1.82, 2.24) is 4.90 Å². The number of aliphatic hydroxyl groups excluding tert-OH is 1. The maximum atomic E-state index is 12.3. The number of hydrogen-bond acceptors (Lipinski definition) is 3. The van der Waals surface area contributed by atoms with Gasteiger partial charge < -0.3 is 14.7 Å². The van der Waals surface area contributed by atoms with Crippen molar-refractivity contribution in [3.8, 4) is 5.75 Å². The molecule has 1 aromatic rings. The highest BCUT2D eigenvalue weighted by Crippen LogP contribution is 2.23. The molecule has 0 spiro atoms. The Morgan fingerprint density at radius 2 is 2.05 bits per heavy atom. The molecule has 0 bridgehead atoms. The number of carbonyl (C=O) groups excluding carboxylic acids is 1. The summed E-state index contributed by atoms with van der Waals surface area (Å²) in [6.07, 6.45) is 0.207. The lowest BCUT2D eigenvalue weighted by Gasteiger charge is -2.29. The van der Waals surface area contributed by atoms with Crippen LogP contribution in [-0.2, 0) is 4.79 Å². The van der Waals surface area contributed by atoms with Gasteiger partial charge >= 0.3 is 0 Å². The van der Waals surface area contributed by atoms with E-state index in [9.17, 15) is 9.90 Å². The number of hydrogen-bond donors (Lipinski definition) is 1. The van der Waals surface area contributed by atoms with Crippen LogP contribution in [0, 0.1) is 0 Å². The molecule has 5 heteroatoms. The topological polar surface area (TPSA) is 49.8 Å². The Balaban J connectivity index is 2.05. The van der Waals surface area contributed by atoms with Gasteiger partial charge in [0.1, 0.15) is 5.75 Å². The molecule has 1 aliphatic heterocycles. The lowest BCUT2D eigenvalue weighted by molar-refractivity contribution is -0.144. The van der Waals surface area contributed by atoms with Gasteiger partial charge in [-0.15, -0.1) is 0 Å². The number of likely N-dealkylation sites (tertiary alicyclic amines) is 1. The van der Waals surface area contributed by atoms with E-state index in [4.69, 9.17) is 16.3 Å². The third-order valence-electron chi connectivity index (χ3n) is 3.15. The number of rotatable bonds is 3. The van der Waals surface area contributed by atoms with E-state index in [1.807, 2.05) is 0 Å². The zero-order valence-corrected chi connectivity index (χ0v) is 11.9. The fourth-order valence-corrected chi connectivity index (χ4v) is 2.27. The average molecular weight is 284 g/mol. The van der Waals surface area contributed by atoms with Gasteiger partial charge in [-0.1, -0.05) is 11.6 Å². The van der Waals surface area contributed by atoms with Crippen LogP contribution in [0.3, 0.4) is 0 Å². The fraction of sp³-hybridized carbons (Fsp3) is 0.500. The number of carbonyl (C=O) groups is 1. The second-order valence-electron chi connectivity index (χ2n) is 5.26. The van der Waals surface area contributed by atoms with Crippen LogP contribution in [0.25, 0.3) is 0 Å². The lowest BCUT2D eigenvalue weighted by Crippen LogP contribution is -2.48. The van der Waals surface area contributed by atoms with Crippen molar-refractivity contribution in [1.29, 1.82) is 0 Å². The predicted octanol–water partition coefficient (Wildman–Crippen LogP) is 2.09. The van der Waals surface area contributed by atoms with Crippen LogP contribution in [-0.4, -0.2) is 40.7 Å². The first-order chi connectivity index (χ1) is 8.88. The zero-order chi connectivity index (χ0) is 14.0. The Kier molecular flexibility index (Phi) is 4.02. The normalized spacial score (nSPS) is 19.6. The number of amides is 1. The zero-order valence-electron chi connectivity index (χ0n) is 11.1. The van der Waals surface area contributed by atoms with Crippen molar-refractivity contribution in [2.75, 3.05) is 13.1 Å². The summed E-state index contributed by atoms with van der Waals surface area (Å²) in [5.74, 6) is 0.487. The molecule has 0 saturated carbocycles. The lowest BCUT2D eigenvalue weighted by atomic mass is 10.1. The first kappa shape index (κ1) is 14.2. The molecule has 0 radical (unpaired) electrons. The van der Waals surface area contributed by atoms with Gasteiger partial charge in [0.2, 0.25) is 0 Å². The second-order valence-corrected chi connectivity index (χ2v) is 5.70. The first-order valence-corrected chi connectivity index (χ1v) is 6.68. The molecule has 1 aliphatic rings. The summed E-state index contributed by atoms with van der Waals surface area (Å²) in [6, 6.07) is 6.90. The minimum atomic E-state index is -0.960. The van der Waals surface area contributed by atoms with Crippen LogP contribution < -0.4 is 4.74 Å². The SMILES string of the molecule is CC(C)(Oc1ccc(Cl)cc1)C(=O)N1CC[C@H](O)C1. The van der Waals surface area contributed by atoms with Gasteiger partial charge in [0.25, 0.3) is 5.91 Å². The summed E-state index contributed by atoms with van der Waals surface area (Å²) in [6.45, 7) is 4.42. The molecule has 2 rings (SSSR count). The molecule has 1 heterocycles. The molecule has 1 aromatic carbocycles. The van der Waals surface area contributed by atoms with E-state index in [2.05, 4.69) is 0 Å². The van der Waals surface area contributed by atoms with E-state index in [1.54, 1.807) is 43.0 Å². The number of ether oxygens (including phenoxy) is 1. The van der Waals surface area contributed by atoms with Gasteiger partial charge in [0.05, 0.1) is 6.10 Å². The number of β-amino-alcohol motifs (C(OH)–C–C–N with tert-alkyl or cyclic N) is 1. The quantitative estimate of drug-likeness (QED) is 0.924. The Bertz CT molecular complexity index is 458. The van der Waals surface area contributed by atoms with E-state index < -0.39 is 11.7 Å². The Morgan fingerprint density at radius 1 is 1.42 bits per heavy atom. The summed E-state index contributed by atoms with van der Waals surface area (Å²) in [5.41, 5.74) is -0.960. The van der Waals surface area contributed by atoms with Crippen LogP contribution in [0.2, 0.25) is 5.02 Å². The summed E-state index contributed by atoms with van der Waals surface area (Å²) in [4.78, 5) is 14.0. The molecular formula is C14H18ClNO3. The van der Waals surface area contributed by atoms with Crippen LogP contribution in [0.1, 0.15) is 20.3 Å². The number of aliphatic hydroxyl groups is 1. The largest absolute Gasteiger partial charge is 0.478 e. The molecule has 19 heavy (non-hydrogen) atoms. The van der Waals surface area contributed by atoms with Crippen LogP contribution >= 0.6 is 11.6 Å². The molecule has 0 aromatic heterocycles. The fourth-order valence-electron chi connectivity index (χ4n) is 2.15. The van der Waals surface area contributed by atoms with E-state index in [1.165, 1.54) is 0 Å². The third kappa shape index (κ3) is 3.39. The van der Waals surface area contributed by atoms with Crippen molar-refractivity contribution in [3.63, 3.8) is 0 Å². The molecule has 1 N–H and O–H groups in total. The molecule has 1 atom stereocenters. The number of benzene rings is 1. The molecular weight excluding hydrogens is 266 g/mol. The molecule has 0 aliphatic carbocycles. The maximum absolute atomic E-state index is 12.3. The van der Waals surface area contributed by atoms with Crippen molar-refractivity contribution in [3.05, 3.63) is 29.3 Å². The molecule has 104 valence electrons. The highest BCUT2D eigenvalue weighted by Gasteiger charge is 2.37. The van der Waals surface area contributed by atoms with Gasteiger partial charge in [0.15, 0.2) is 5.60 Å². The van der Waals surface area contributed by atoms with Gasteiger partial charge in [0, 0.05) is 18.1 Å². The molecule has 0 unspecified atom stereocenters. The highest BCUT2D eigenvalue weighted by atomic mass is 35.5. The van der Waals surface area contributed by atoms with Crippen molar-refractivity contribution in [2.24, 2.45) is 0 Å². The van der Waals surface area contributed by atoms with E-state index in [0.717, 1.165) is 0 Å². The number of nitrogens with zero attached hydrogens (tertiary/aromatic N) is 1. The average Bonchev–Trinajstić information content (AvgIpc) is 2.77. The van der Waals surface area contributed by atoms with Crippen LogP contribution in [0.15, 0.2) is 24.3 Å². The van der Waals surface area contributed by atoms with Crippen molar-refractivity contribution >= 4 is 17.5 Å². The van der Waals surface area contributed by atoms with E-state index in [0.29, 0.717) is 30.3 Å². The van der Waals surface area contributed by atoms with Crippen molar-refractivity contribution in [2.45, 2.75) is 32.0 Å². The smallest absolute Gasteiger partial charge is 0.266 e. The Hall–Kier alpha value is -1.26. The standard InChI is InChI=1S/C14H18ClNO3/c1-14(2,13(18)16-8-7-11(17)9-16)19-12-5-3-10(15)4-6-12/h3-6,11,17H,7-9H2,1-2H3/t11-/m0/s1. The van der Waals surface area contributed by atoms with Gasteiger partial charge in [-0.25, -0.2) is 0 Å². The van der Waals surface area contributed by atoms with Crippen molar-refractivity contribution < 1.29 is 14.6 Å². The third-order valence-corrected chi connectivity index (χ3v) is 3.40. The van der Waals surface area contributed by atoms with Gasteiger partial charge in [-0.3, -0.25) is 4.79 Å². The molecule has 1 amide bonds. The summed E-state index contributed by atoms with van der Waals surface area (Å²) in [5, 5.41) is 10.1. The molecule has 4 nitrogen and oxygen atoms in total. The minimum absolute atomic E-state index is 0.112. The maximum Gasteiger partial charge on any atom is 0.266 e. The van der Waals surface area contributed by atoms with Crippen LogP contribution in [0.5, 0.6) is 5.75 Å². The first-order valence-electron chi connectivity index (χ1n) is 6.30. The predicted molar refractivity (Wildman–Crippen MR) is 73.4 cm³/mol. The summed E-state index contributed by atoms with van der Waals surface area (Å²) < 4.78 is 5.73. The van der Waals surface area contributed by atoms with Crippen LogP contribution in [0.4, 0.5) is 0 Å².